The van der Waals surface area contributed by atoms with E-state index in [1.807, 2.05) is 32.6 Å². The third-order valence-corrected chi connectivity index (χ3v) is 5.72. The van der Waals surface area contributed by atoms with Crippen molar-refractivity contribution < 1.29 is 27.8 Å². The molecule has 7 nitrogen and oxygen atoms in total. The smallest absolute Gasteiger partial charge is 0.416 e. The van der Waals surface area contributed by atoms with Crippen LogP contribution < -0.4 is 5.32 Å². The van der Waals surface area contributed by atoms with Crippen LogP contribution in [0.3, 0.4) is 0 Å². The maximum atomic E-state index is 12.9. The van der Waals surface area contributed by atoms with Crippen molar-refractivity contribution in [3.63, 3.8) is 0 Å². The molecule has 3 rings (SSSR count). The first-order chi connectivity index (χ1) is 15.7. The van der Waals surface area contributed by atoms with Crippen molar-refractivity contribution in [2.45, 2.75) is 65.3 Å². The second-order valence-corrected chi connectivity index (χ2v) is 9.68. The number of hydrogen-bond donors (Lipinski definition) is 2. The van der Waals surface area contributed by atoms with Gasteiger partial charge in [-0.2, -0.15) is 13.2 Å². The molecule has 0 radical (unpaired) electrons. The van der Waals surface area contributed by atoms with Crippen molar-refractivity contribution in [1.82, 2.24) is 15.1 Å². The number of nitrogens with one attached hydrogen (secondary N) is 1. The summed E-state index contributed by atoms with van der Waals surface area (Å²) in [5, 5.41) is 22.0. The highest BCUT2D eigenvalue weighted by Crippen LogP contribution is 2.37. The molecule has 0 aliphatic carbocycles. The Morgan fingerprint density at radius 2 is 1.91 bits per heavy atom. The van der Waals surface area contributed by atoms with Crippen LogP contribution in [0.25, 0.3) is 11.3 Å². The van der Waals surface area contributed by atoms with E-state index in [9.17, 15) is 23.1 Å². The summed E-state index contributed by atoms with van der Waals surface area (Å²) in [7, 11) is 0. The van der Waals surface area contributed by atoms with Crippen molar-refractivity contribution in [3.05, 3.63) is 34.9 Å². The Kier molecular flexibility index (Phi) is 7.40. The summed E-state index contributed by atoms with van der Waals surface area (Å²) in [5.74, 6) is -0.199. The van der Waals surface area contributed by atoms with Crippen LogP contribution in [0.4, 0.5) is 19.0 Å². The number of esters is 1. The number of alkyl halides is 3. The van der Waals surface area contributed by atoms with Gasteiger partial charge >= 0.3 is 12.1 Å². The van der Waals surface area contributed by atoms with Crippen LogP contribution in [0.5, 0.6) is 5.75 Å². The third kappa shape index (κ3) is 6.37. The Morgan fingerprint density at radius 3 is 2.53 bits per heavy atom. The molecule has 1 atom stereocenters. The minimum Gasteiger partial charge on any atom is -0.507 e. The van der Waals surface area contributed by atoms with Gasteiger partial charge in [0, 0.05) is 18.2 Å². The summed E-state index contributed by atoms with van der Waals surface area (Å²) < 4.78 is 44.2. The van der Waals surface area contributed by atoms with Gasteiger partial charge in [0.15, 0.2) is 5.82 Å². The molecule has 0 amide bonds. The molecule has 2 aromatic rings. The van der Waals surface area contributed by atoms with Gasteiger partial charge in [0.25, 0.3) is 0 Å². The Labute approximate surface area is 197 Å². The molecule has 1 aliphatic rings. The number of aromatic nitrogens is 2. The van der Waals surface area contributed by atoms with Crippen LogP contribution in [-0.4, -0.2) is 57.5 Å². The van der Waals surface area contributed by atoms with Gasteiger partial charge in [-0.05, 0) is 83.3 Å². The number of benzene rings is 1. The molecule has 0 spiro atoms. The number of likely N-dealkylation sites (tertiary alicyclic amines) is 1. The van der Waals surface area contributed by atoms with Crippen LogP contribution in [0.2, 0.25) is 0 Å². The Bertz CT molecular complexity index is 1050. The zero-order valence-corrected chi connectivity index (χ0v) is 20.1. The summed E-state index contributed by atoms with van der Waals surface area (Å²) in [6.07, 6.45) is -2.74. The zero-order valence-electron chi connectivity index (χ0n) is 20.1. The molecule has 1 aromatic heterocycles. The van der Waals surface area contributed by atoms with E-state index < -0.39 is 23.1 Å². The van der Waals surface area contributed by atoms with Gasteiger partial charge in [-0.1, -0.05) is 0 Å². The van der Waals surface area contributed by atoms with E-state index in [1.54, 1.807) is 6.92 Å². The molecule has 1 aliphatic heterocycles. The highest BCUT2D eigenvalue weighted by Gasteiger charge is 2.31. The zero-order chi connectivity index (χ0) is 25.3. The first kappa shape index (κ1) is 25.7. The fourth-order valence-electron chi connectivity index (χ4n) is 3.97. The topological polar surface area (TPSA) is 87.6 Å². The minimum absolute atomic E-state index is 0.0499. The number of phenolic OH excluding ortho intramolecular Hbond substituents is 1. The van der Waals surface area contributed by atoms with Crippen molar-refractivity contribution in [2.24, 2.45) is 0 Å². The number of carbonyl (C=O) groups is 1. The highest BCUT2D eigenvalue weighted by molar-refractivity contribution is 5.73. The molecule has 2 N–H and O–H groups in total. The van der Waals surface area contributed by atoms with E-state index in [0.717, 1.165) is 31.0 Å². The van der Waals surface area contributed by atoms with E-state index in [4.69, 9.17) is 4.74 Å². The van der Waals surface area contributed by atoms with Crippen molar-refractivity contribution in [2.75, 3.05) is 25.0 Å². The normalized spacial score (nSPS) is 17.5. The largest absolute Gasteiger partial charge is 0.507 e. The monoisotopic (exact) mass is 480 g/mol. The molecule has 186 valence electrons. The maximum absolute atomic E-state index is 12.9. The van der Waals surface area contributed by atoms with E-state index in [2.05, 4.69) is 15.5 Å². The first-order valence-electron chi connectivity index (χ1n) is 11.2. The van der Waals surface area contributed by atoms with Crippen LogP contribution in [0.15, 0.2) is 18.2 Å². The number of anilines is 1. The minimum atomic E-state index is -4.54. The molecule has 1 saturated heterocycles. The number of hydrogen-bond acceptors (Lipinski definition) is 7. The van der Waals surface area contributed by atoms with Gasteiger partial charge in [-0.15, -0.1) is 10.2 Å². The lowest BCUT2D eigenvalue weighted by molar-refractivity contribution is -0.156. The second kappa shape index (κ2) is 9.77. The van der Waals surface area contributed by atoms with Crippen molar-refractivity contribution >= 4 is 11.8 Å². The third-order valence-electron chi connectivity index (χ3n) is 5.72. The van der Waals surface area contributed by atoms with Gasteiger partial charge < -0.3 is 15.2 Å². The van der Waals surface area contributed by atoms with E-state index in [0.29, 0.717) is 29.7 Å². The Morgan fingerprint density at radius 1 is 1.21 bits per heavy atom. The van der Waals surface area contributed by atoms with Gasteiger partial charge in [0.2, 0.25) is 0 Å². The number of carbonyl (C=O) groups excluding carboxylic acids is 1. The summed E-state index contributed by atoms with van der Waals surface area (Å²) in [6.45, 7) is 10.8. The number of ether oxygens (including phenoxy) is 1. The molecule has 0 unspecified atom stereocenters. The molecule has 10 heteroatoms. The molecule has 1 fully saturated rings. The van der Waals surface area contributed by atoms with Crippen molar-refractivity contribution in [1.29, 1.82) is 0 Å². The molecular weight excluding hydrogens is 449 g/mol. The predicted octanol–water partition coefficient (Wildman–Crippen LogP) is 4.70. The summed E-state index contributed by atoms with van der Waals surface area (Å²) in [5.41, 5.74) is 0.543. The van der Waals surface area contributed by atoms with Crippen LogP contribution >= 0.6 is 0 Å². The standard InChI is InChI=1S/C24H31F3N4O3/c1-14-15(2)22(28-17-7-6-10-31(12-17)13-20(33)34-23(3,4)5)30-29-21(14)18-9-8-16(11-19(18)32)24(25,26)27/h8-9,11,17,32H,6-7,10,12-13H2,1-5H3,(H,28,30)/t17-/m1/s1. The van der Waals surface area contributed by atoms with Crippen molar-refractivity contribution in [3.8, 4) is 17.0 Å². The molecule has 0 saturated carbocycles. The lowest BCUT2D eigenvalue weighted by Gasteiger charge is -2.33. The summed E-state index contributed by atoms with van der Waals surface area (Å²) in [4.78, 5) is 14.2. The molecular formula is C24H31F3N4O3. The maximum Gasteiger partial charge on any atom is 0.416 e. The Balaban J connectivity index is 1.72. The fraction of sp³-hybridized carbons (Fsp3) is 0.542. The number of halogens is 3. The lowest BCUT2D eigenvalue weighted by Crippen LogP contribution is -2.45. The molecule has 34 heavy (non-hydrogen) atoms. The van der Waals surface area contributed by atoms with Crippen LogP contribution in [0, 0.1) is 13.8 Å². The summed E-state index contributed by atoms with van der Waals surface area (Å²) in [6, 6.07) is 2.86. The Hall–Kier alpha value is -2.88. The second-order valence-electron chi connectivity index (χ2n) is 9.68. The summed E-state index contributed by atoms with van der Waals surface area (Å²) >= 11 is 0. The predicted molar refractivity (Wildman–Crippen MR) is 123 cm³/mol. The fourth-order valence-corrected chi connectivity index (χ4v) is 3.97. The molecule has 0 bridgehead atoms. The number of nitrogens with zero attached hydrogens (tertiary/aromatic N) is 3. The van der Waals surface area contributed by atoms with Crippen LogP contribution in [-0.2, 0) is 15.7 Å². The number of aromatic hydroxyl groups is 1. The molecule has 1 aromatic carbocycles. The average molecular weight is 481 g/mol. The number of piperidine rings is 1. The average Bonchev–Trinajstić information content (AvgIpc) is 2.70. The van der Waals surface area contributed by atoms with E-state index in [1.165, 1.54) is 6.07 Å². The number of rotatable bonds is 5. The lowest BCUT2D eigenvalue weighted by atomic mass is 10.0. The van der Waals surface area contributed by atoms with Gasteiger partial charge in [-0.25, -0.2) is 0 Å². The van der Waals surface area contributed by atoms with E-state index >= 15 is 0 Å². The van der Waals surface area contributed by atoms with E-state index in [-0.39, 0.29) is 24.1 Å². The number of phenols is 1. The molecule has 2 heterocycles. The SMILES string of the molecule is Cc1c(N[C@@H]2CCCN(CC(=O)OC(C)(C)C)C2)nnc(-c2ccc(C(F)(F)F)cc2O)c1C. The first-order valence-corrected chi connectivity index (χ1v) is 11.2. The quantitative estimate of drug-likeness (QED) is 0.600. The van der Waals surface area contributed by atoms with Gasteiger partial charge in [0.1, 0.15) is 11.4 Å². The highest BCUT2D eigenvalue weighted by atomic mass is 19.4. The van der Waals surface area contributed by atoms with Gasteiger partial charge in [0.05, 0.1) is 17.8 Å². The van der Waals surface area contributed by atoms with Gasteiger partial charge in [-0.3, -0.25) is 9.69 Å². The van der Waals surface area contributed by atoms with Crippen LogP contribution in [0.1, 0.15) is 50.3 Å².